The number of amides is 1. The van der Waals surface area contributed by atoms with Crippen molar-refractivity contribution in [1.29, 1.82) is 0 Å². The summed E-state index contributed by atoms with van der Waals surface area (Å²) in [6.07, 6.45) is 1.05. The zero-order valence-electron chi connectivity index (χ0n) is 17.4. The second kappa shape index (κ2) is 8.21. The van der Waals surface area contributed by atoms with Crippen LogP contribution in [0.3, 0.4) is 0 Å². The summed E-state index contributed by atoms with van der Waals surface area (Å²) in [5.74, 6) is -0.206. The summed E-state index contributed by atoms with van der Waals surface area (Å²) in [7, 11) is 3.21. The molecule has 0 unspecified atom stereocenters. The number of aliphatic hydroxyl groups is 1. The van der Waals surface area contributed by atoms with Crippen LogP contribution in [0.15, 0.2) is 17.9 Å². The monoisotopic (exact) mass is 390 g/mol. The average molecular weight is 390 g/mol. The highest BCUT2D eigenvalue weighted by molar-refractivity contribution is 6.23. The van der Waals surface area contributed by atoms with E-state index in [1.807, 2.05) is 38.0 Å². The molecule has 1 amide bonds. The fraction of sp³-hybridized carbons (Fsp3) is 0.571. The minimum Gasteiger partial charge on any atom is -0.509 e. The Morgan fingerprint density at radius 3 is 2.36 bits per heavy atom. The minimum atomic E-state index is -0.875. The molecule has 0 bridgehead atoms. The Labute approximate surface area is 166 Å². The Bertz CT molecular complexity index is 781. The second-order valence-corrected chi connectivity index (χ2v) is 7.47. The van der Waals surface area contributed by atoms with Gasteiger partial charge in [-0.05, 0) is 55.9 Å². The van der Waals surface area contributed by atoms with Gasteiger partial charge < -0.3 is 14.7 Å². The van der Waals surface area contributed by atoms with E-state index in [0.29, 0.717) is 38.1 Å². The van der Waals surface area contributed by atoms with Crippen molar-refractivity contribution in [2.75, 3.05) is 40.5 Å². The average Bonchev–Trinajstić information content (AvgIpc) is 2.89. The van der Waals surface area contributed by atoms with E-state index in [0.717, 1.165) is 22.3 Å². The number of rotatable bonds is 6. The highest BCUT2D eigenvalue weighted by Gasteiger charge is 2.55. The third-order valence-corrected chi connectivity index (χ3v) is 6.11. The molecule has 2 aliphatic rings. The van der Waals surface area contributed by atoms with Crippen molar-refractivity contribution in [2.24, 2.45) is 0 Å². The molecule has 2 aliphatic heterocycles. The third-order valence-electron chi connectivity index (χ3n) is 6.11. The predicted octanol–water partition coefficient (Wildman–Crippen LogP) is 2.70. The van der Waals surface area contributed by atoms with Crippen molar-refractivity contribution >= 4 is 11.5 Å². The van der Waals surface area contributed by atoms with Crippen LogP contribution in [0.25, 0.3) is 5.57 Å². The van der Waals surface area contributed by atoms with E-state index < -0.39 is 5.54 Å². The van der Waals surface area contributed by atoms with Gasteiger partial charge in [-0.15, -0.1) is 0 Å². The van der Waals surface area contributed by atoms with Crippen LogP contribution in [-0.4, -0.2) is 67.2 Å². The summed E-state index contributed by atoms with van der Waals surface area (Å²) in [5.41, 5.74) is 3.50. The molecule has 1 N–H and O–H groups in total. The molecule has 0 aliphatic carbocycles. The van der Waals surface area contributed by atoms with E-state index >= 15 is 0 Å². The molecule has 28 heavy (non-hydrogen) atoms. The van der Waals surface area contributed by atoms with Crippen LogP contribution < -0.4 is 0 Å². The Kier molecular flexibility index (Phi) is 6.09. The van der Waals surface area contributed by atoms with Crippen molar-refractivity contribution < 1.29 is 24.3 Å². The Balaban J connectivity index is 2.04. The van der Waals surface area contributed by atoms with Crippen LogP contribution in [0.4, 0.5) is 0 Å². The maximum absolute atomic E-state index is 13.4. The van der Waals surface area contributed by atoms with Crippen LogP contribution in [-0.2, 0) is 19.2 Å². The number of carbonyl (C=O) groups excluding carboxylic acids is 1. The summed E-state index contributed by atoms with van der Waals surface area (Å²) >= 11 is 0. The zero-order valence-corrected chi connectivity index (χ0v) is 17.4. The molecular weight excluding hydrogens is 360 g/mol. The van der Waals surface area contributed by atoms with Crippen molar-refractivity contribution in [2.45, 2.75) is 39.2 Å². The largest absolute Gasteiger partial charge is 0.509 e. The van der Waals surface area contributed by atoms with Gasteiger partial charge in [0.1, 0.15) is 11.3 Å². The van der Waals surface area contributed by atoms with Gasteiger partial charge in [0.25, 0.3) is 5.91 Å². The number of methoxy groups -OCH3 is 1. The fourth-order valence-electron chi connectivity index (χ4n) is 4.07. The van der Waals surface area contributed by atoms with Crippen LogP contribution in [0.5, 0.6) is 0 Å². The molecule has 1 spiro atoms. The Morgan fingerprint density at radius 1 is 1.07 bits per heavy atom. The van der Waals surface area contributed by atoms with Gasteiger partial charge in [0.05, 0.1) is 25.9 Å². The molecule has 0 saturated carbocycles. The number of aliphatic hydroxyl groups excluding tert-OH is 1. The summed E-state index contributed by atoms with van der Waals surface area (Å²) in [6.45, 7) is 7.85. The molecule has 0 atom stereocenters. The molecule has 154 valence electrons. The molecule has 0 aromatic heterocycles. The molecule has 2 heterocycles. The number of aryl methyl sites for hydroxylation is 1. The first kappa shape index (κ1) is 20.8. The highest BCUT2D eigenvalue weighted by atomic mass is 16.7. The lowest BCUT2D eigenvalue weighted by molar-refractivity contribution is -0.235. The van der Waals surface area contributed by atoms with E-state index in [9.17, 15) is 9.90 Å². The number of nitrogens with zero attached hydrogens (tertiary/aromatic N) is 2. The summed E-state index contributed by atoms with van der Waals surface area (Å²) in [4.78, 5) is 24.5. The third kappa shape index (κ3) is 3.33. The van der Waals surface area contributed by atoms with E-state index in [4.69, 9.17) is 14.4 Å². The number of benzene rings is 1. The molecule has 1 aromatic carbocycles. The quantitative estimate of drug-likeness (QED) is 0.753. The lowest BCUT2D eigenvalue weighted by Gasteiger charge is -2.42. The van der Waals surface area contributed by atoms with Crippen LogP contribution in [0.2, 0.25) is 0 Å². The number of piperidine rings is 1. The topological polar surface area (TPSA) is 71.5 Å². The van der Waals surface area contributed by atoms with Gasteiger partial charge in [0, 0.05) is 20.2 Å². The SMILES string of the molecule is COCCON1C(=O)C(c2ccc(C)c(C)c2C)=C(O)C12CCN(OC)CC2. The van der Waals surface area contributed by atoms with Crippen molar-refractivity contribution in [3.05, 3.63) is 40.1 Å². The summed E-state index contributed by atoms with van der Waals surface area (Å²) in [6, 6.07) is 3.90. The Hall–Kier alpha value is -1.93. The van der Waals surface area contributed by atoms with Gasteiger partial charge in [-0.1, -0.05) is 12.1 Å². The first-order valence-corrected chi connectivity index (χ1v) is 9.63. The van der Waals surface area contributed by atoms with Gasteiger partial charge in [-0.3, -0.25) is 9.63 Å². The van der Waals surface area contributed by atoms with Gasteiger partial charge >= 0.3 is 0 Å². The van der Waals surface area contributed by atoms with Gasteiger partial charge in [0.15, 0.2) is 0 Å². The van der Waals surface area contributed by atoms with Crippen LogP contribution in [0, 0.1) is 20.8 Å². The lowest BCUT2D eigenvalue weighted by Crippen LogP contribution is -2.55. The standard InChI is InChI=1S/C21H30N2O5/c1-14-6-7-17(16(3)15(14)2)18-19(24)21(8-10-22(27-5)11-9-21)23(20(18)25)28-13-12-26-4/h6-7,24H,8-13H2,1-5H3. The smallest absolute Gasteiger partial charge is 0.282 e. The number of hydrogen-bond acceptors (Lipinski definition) is 6. The first-order chi connectivity index (χ1) is 13.4. The van der Waals surface area contributed by atoms with Crippen molar-refractivity contribution in [1.82, 2.24) is 10.1 Å². The number of carbonyl (C=O) groups is 1. The van der Waals surface area contributed by atoms with Crippen LogP contribution >= 0.6 is 0 Å². The van der Waals surface area contributed by atoms with Crippen LogP contribution in [0.1, 0.15) is 35.1 Å². The molecule has 1 aromatic rings. The van der Waals surface area contributed by atoms with Gasteiger partial charge in [-0.25, -0.2) is 5.06 Å². The number of ether oxygens (including phenoxy) is 1. The number of hydroxylamine groups is 4. The number of hydrogen-bond donors (Lipinski definition) is 1. The van der Waals surface area contributed by atoms with E-state index in [-0.39, 0.29) is 18.3 Å². The van der Waals surface area contributed by atoms with Gasteiger partial charge in [-0.2, -0.15) is 5.06 Å². The van der Waals surface area contributed by atoms with Crippen molar-refractivity contribution in [3.8, 4) is 0 Å². The fourth-order valence-corrected chi connectivity index (χ4v) is 4.07. The molecule has 0 radical (unpaired) electrons. The van der Waals surface area contributed by atoms with Gasteiger partial charge in [0.2, 0.25) is 0 Å². The van der Waals surface area contributed by atoms with E-state index in [2.05, 4.69) is 0 Å². The summed E-state index contributed by atoms with van der Waals surface area (Å²) < 4.78 is 5.07. The predicted molar refractivity (Wildman–Crippen MR) is 105 cm³/mol. The van der Waals surface area contributed by atoms with E-state index in [1.54, 1.807) is 14.2 Å². The minimum absolute atomic E-state index is 0.0945. The molecule has 7 heteroatoms. The zero-order chi connectivity index (χ0) is 20.5. The Morgan fingerprint density at radius 2 is 1.75 bits per heavy atom. The van der Waals surface area contributed by atoms with Crippen molar-refractivity contribution in [3.63, 3.8) is 0 Å². The summed E-state index contributed by atoms with van der Waals surface area (Å²) in [5, 5.41) is 14.5. The normalized spacial score (nSPS) is 19.9. The first-order valence-electron chi connectivity index (χ1n) is 9.63. The highest BCUT2D eigenvalue weighted by Crippen LogP contribution is 2.46. The second-order valence-electron chi connectivity index (χ2n) is 7.47. The molecule has 1 saturated heterocycles. The molecule has 7 nitrogen and oxygen atoms in total. The molecule has 3 rings (SSSR count). The maximum atomic E-state index is 13.4. The maximum Gasteiger partial charge on any atom is 0.282 e. The molecular formula is C21H30N2O5. The molecule has 1 fully saturated rings. The lowest BCUT2D eigenvalue weighted by atomic mass is 9.85. The van der Waals surface area contributed by atoms with E-state index in [1.165, 1.54) is 5.06 Å².